The molecule has 0 fully saturated rings. The van der Waals surface area contributed by atoms with Crippen LogP contribution in [0.5, 0.6) is 0 Å². The monoisotopic (exact) mass is 290 g/mol. The maximum absolute atomic E-state index is 10.4. The van der Waals surface area contributed by atoms with Crippen molar-refractivity contribution in [2.75, 3.05) is 0 Å². The van der Waals surface area contributed by atoms with E-state index >= 15 is 0 Å². The fraction of sp³-hybridized carbons (Fsp3) is 0.923. The molecule has 18 heavy (non-hydrogen) atoms. The molecular weight excluding hydrogens is 260 g/mol. The first-order chi connectivity index (χ1) is 8.02. The molecule has 0 heterocycles. The minimum Gasteiger partial charge on any atom is -0.450 e. The van der Waals surface area contributed by atoms with Crippen LogP contribution < -0.4 is 0 Å². The van der Waals surface area contributed by atoms with Crippen molar-refractivity contribution in [2.45, 2.75) is 76.7 Å². The Morgan fingerprint density at radius 3 is 2.11 bits per heavy atom. The fourth-order valence-electron chi connectivity index (χ4n) is 1.94. The molecule has 108 valence electrons. The van der Waals surface area contributed by atoms with E-state index in [4.69, 9.17) is 9.84 Å². The van der Waals surface area contributed by atoms with Gasteiger partial charge < -0.3 is 9.84 Å². The maximum Gasteiger partial charge on any atom is 0.506 e. The Hall–Kier alpha value is -0.296. The van der Waals surface area contributed by atoms with Gasteiger partial charge in [0.1, 0.15) is 6.10 Å². The molecule has 1 unspecified atom stereocenters. The van der Waals surface area contributed by atoms with Crippen molar-refractivity contribution in [1.29, 1.82) is 0 Å². The molecule has 0 saturated heterocycles. The van der Waals surface area contributed by atoms with Crippen molar-refractivity contribution in [2.24, 2.45) is 0 Å². The first kappa shape index (κ1) is 17.7. The fourth-order valence-corrected chi connectivity index (χ4v) is 9.06. The van der Waals surface area contributed by atoms with Crippen LogP contribution in [0.3, 0.4) is 0 Å². The second-order valence-electron chi connectivity index (χ2n) is 7.31. The zero-order valence-corrected chi connectivity index (χ0v) is 14.9. The molecule has 0 saturated carbocycles. The summed E-state index contributed by atoms with van der Waals surface area (Å²) < 4.78 is 4.72. The summed E-state index contributed by atoms with van der Waals surface area (Å²) in [5, 5.41) is 8.51. The van der Waals surface area contributed by atoms with Crippen LogP contribution in [0.15, 0.2) is 0 Å². The van der Waals surface area contributed by atoms with Gasteiger partial charge in [-0.1, -0.05) is 57.3 Å². The average molecular weight is 291 g/mol. The van der Waals surface area contributed by atoms with Crippen molar-refractivity contribution >= 4 is 22.3 Å². The van der Waals surface area contributed by atoms with Gasteiger partial charge in [-0.25, -0.2) is 4.79 Å². The summed E-state index contributed by atoms with van der Waals surface area (Å²) in [7, 11) is -2.01. The van der Waals surface area contributed by atoms with Gasteiger partial charge in [0.25, 0.3) is 0 Å². The lowest BCUT2D eigenvalue weighted by Crippen LogP contribution is -2.30. The largest absolute Gasteiger partial charge is 0.506 e. The quantitative estimate of drug-likeness (QED) is 0.511. The Bertz CT molecular complexity index is 259. The highest BCUT2D eigenvalue weighted by Crippen LogP contribution is 2.25. The van der Waals surface area contributed by atoms with Crippen LogP contribution in [-0.4, -0.2) is 33.5 Å². The Kier molecular flexibility index (Phi) is 7.21. The van der Waals surface area contributed by atoms with E-state index in [2.05, 4.69) is 32.7 Å². The van der Waals surface area contributed by atoms with E-state index in [1.807, 2.05) is 6.92 Å². The molecule has 0 aliphatic rings. The zero-order valence-electron chi connectivity index (χ0n) is 12.9. The molecule has 0 aromatic carbocycles. The number of hydrogen-bond acceptors (Lipinski definition) is 2. The smallest absolute Gasteiger partial charge is 0.450 e. The summed E-state index contributed by atoms with van der Waals surface area (Å²) in [6, 6.07) is 4.12. The standard InChI is InChI=1S/C13H30O3Si2/c1-12(16-13(14)15)8-7-9-18(5,6)11-10-17(2,3)4/h12H,7-11H2,1-6H3,(H,14,15). The van der Waals surface area contributed by atoms with Gasteiger partial charge in [0.05, 0.1) is 0 Å². The number of rotatable bonds is 8. The van der Waals surface area contributed by atoms with Gasteiger partial charge in [-0.15, -0.1) is 0 Å². The molecule has 0 bridgehead atoms. The molecule has 0 aromatic heterocycles. The minimum absolute atomic E-state index is 0.163. The molecule has 0 aliphatic heterocycles. The van der Waals surface area contributed by atoms with Crippen LogP contribution >= 0.6 is 0 Å². The highest BCUT2D eigenvalue weighted by molar-refractivity contribution is 6.82. The number of hydrogen-bond donors (Lipinski definition) is 1. The van der Waals surface area contributed by atoms with Gasteiger partial charge in [-0.2, -0.15) is 0 Å². The summed E-state index contributed by atoms with van der Waals surface area (Å²) in [5.41, 5.74) is 0. The van der Waals surface area contributed by atoms with Crippen molar-refractivity contribution < 1.29 is 14.6 Å². The van der Waals surface area contributed by atoms with Gasteiger partial charge in [0, 0.05) is 16.1 Å². The van der Waals surface area contributed by atoms with Gasteiger partial charge in [-0.05, 0) is 13.3 Å². The lowest BCUT2D eigenvalue weighted by atomic mass is 10.2. The number of carbonyl (C=O) groups is 1. The van der Waals surface area contributed by atoms with E-state index in [1.165, 1.54) is 18.1 Å². The van der Waals surface area contributed by atoms with Crippen LogP contribution in [0.4, 0.5) is 4.79 Å². The first-order valence-corrected chi connectivity index (χ1v) is 14.0. The molecule has 0 spiro atoms. The third kappa shape index (κ3) is 10.8. The molecule has 0 amide bonds. The average Bonchev–Trinajstić information content (AvgIpc) is 2.12. The molecule has 0 radical (unpaired) electrons. The van der Waals surface area contributed by atoms with Gasteiger partial charge in [0.15, 0.2) is 0 Å². The summed E-state index contributed by atoms with van der Waals surface area (Å²) in [5.74, 6) is 0. The number of ether oxygens (including phenoxy) is 1. The third-order valence-corrected chi connectivity index (χ3v) is 8.88. The summed E-state index contributed by atoms with van der Waals surface area (Å²) in [6.45, 7) is 14.0. The summed E-state index contributed by atoms with van der Waals surface area (Å²) >= 11 is 0. The van der Waals surface area contributed by atoms with E-state index in [-0.39, 0.29) is 6.10 Å². The highest BCUT2D eigenvalue weighted by atomic mass is 28.3. The number of carboxylic acid groups (broad SMARTS) is 1. The second-order valence-corrected chi connectivity index (χ2v) is 18.3. The predicted octanol–water partition coefficient (Wildman–Crippen LogP) is 4.90. The Morgan fingerprint density at radius 1 is 1.11 bits per heavy atom. The van der Waals surface area contributed by atoms with Crippen LogP contribution in [0.2, 0.25) is 50.9 Å². The van der Waals surface area contributed by atoms with E-state index in [0.29, 0.717) is 0 Å². The predicted molar refractivity (Wildman–Crippen MR) is 83.1 cm³/mol. The molecule has 5 heteroatoms. The van der Waals surface area contributed by atoms with Crippen LogP contribution in [-0.2, 0) is 4.74 Å². The van der Waals surface area contributed by atoms with Crippen LogP contribution in [0.1, 0.15) is 19.8 Å². The van der Waals surface area contributed by atoms with E-state index in [0.717, 1.165) is 12.8 Å². The molecule has 0 aromatic rings. The normalized spacial score (nSPS) is 14.3. The van der Waals surface area contributed by atoms with Crippen molar-refractivity contribution in [3.8, 4) is 0 Å². The Morgan fingerprint density at radius 2 is 1.67 bits per heavy atom. The highest BCUT2D eigenvalue weighted by Gasteiger charge is 2.24. The SMILES string of the molecule is CC(CCC[Si](C)(C)CC[Si](C)(C)C)OC(=O)O. The Labute approximate surface area is 114 Å². The van der Waals surface area contributed by atoms with E-state index in [9.17, 15) is 4.79 Å². The molecule has 1 atom stereocenters. The van der Waals surface area contributed by atoms with Gasteiger partial charge in [-0.3, -0.25) is 0 Å². The molecular formula is C13H30O3Si2. The van der Waals surface area contributed by atoms with Crippen molar-refractivity contribution in [3.05, 3.63) is 0 Å². The molecule has 3 nitrogen and oxygen atoms in total. The molecule has 0 rings (SSSR count). The first-order valence-electron chi connectivity index (χ1n) is 6.91. The van der Waals surface area contributed by atoms with Crippen molar-refractivity contribution in [3.63, 3.8) is 0 Å². The lowest BCUT2D eigenvalue weighted by molar-refractivity contribution is 0.0555. The third-order valence-electron chi connectivity index (χ3n) is 3.32. The van der Waals surface area contributed by atoms with Crippen LogP contribution in [0.25, 0.3) is 0 Å². The minimum atomic E-state index is -1.15. The van der Waals surface area contributed by atoms with Crippen LogP contribution in [0, 0.1) is 0 Å². The zero-order chi connectivity index (χ0) is 14.4. The second kappa shape index (κ2) is 7.33. The molecule has 0 aliphatic carbocycles. The summed E-state index contributed by atoms with van der Waals surface area (Å²) in [4.78, 5) is 10.4. The summed E-state index contributed by atoms with van der Waals surface area (Å²) in [6.07, 6.45) is 0.636. The van der Waals surface area contributed by atoms with Gasteiger partial charge >= 0.3 is 6.16 Å². The topological polar surface area (TPSA) is 46.5 Å². The van der Waals surface area contributed by atoms with Gasteiger partial charge in [0.2, 0.25) is 0 Å². The maximum atomic E-state index is 10.4. The van der Waals surface area contributed by atoms with E-state index < -0.39 is 22.3 Å². The lowest BCUT2D eigenvalue weighted by Gasteiger charge is -2.26. The Balaban J connectivity index is 3.86. The van der Waals surface area contributed by atoms with Crippen molar-refractivity contribution in [1.82, 2.24) is 0 Å². The molecule has 1 N–H and O–H groups in total. The van der Waals surface area contributed by atoms with E-state index in [1.54, 1.807) is 0 Å².